The van der Waals surface area contributed by atoms with Crippen molar-refractivity contribution in [1.29, 1.82) is 0 Å². The van der Waals surface area contributed by atoms with Crippen molar-refractivity contribution in [2.24, 2.45) is 11.7 Å². The predicted octanol–water partition coefficient (Wildman–Crippen LogP) is 2.04. The number of amides is 1. The second-order valence-corrected chi connectivity index (χ2v) is 6.02. The summed E-state index contributed by atoms with van der Waals surface area (Å²) in [6, 6.07) is 0.443. The minimum Gasteiger partial charge on any atom is -0.486 e. The molecule has 5 N–H and O–H groups in total. The van der Waals surface area contributed by atoms with Crippen LogP contribution < -0.4 is 21.5 Å². The van der Waals surface area contributed by atoms with E-state index in [0.29, 0.717) is 28.3 Å². The van der Waals surface area contributed by atoms with Gasteiger partial charge in [-0.1, -0.05) is 6.92 Å². The van der Waals surface area contributed by atoms with Gasteiger partial charge in [0.2, 0.25) is 0 Å². The van der Waals surface area contributed by atoms with Gasteiger partial charge in [0.1, 0.15) is 15.6 Å². The Morgan fingerprint density at radius 1 is 1.56 bits per heavy atom. The number of thiophene rings is 1. The van der Waals surface area contributed by atoms with Crippen LogP contribution in [0, 0.1) is 5.92 Å². The summed E-state index contributed by atoms with van der Waals surface area (Å²) >= 11 is 1.27. The number of carbonyl (C=O) groups excluding carboxylic acids is 1. The summed E-state index contributed by atoms with van der Waals surface area (Å²) in [4.78, 5) is 11.7. The number of rotatable bonds is 5. The van der Waals surface area contributed by atoms with Crippen LogP contribution in [0.15, 0.2) is 0 Å². The molecule has 1 saturated carbocycles. The second kappa shape index (κ2) is 4.68. The van der Waals surface area contributed by atoms with E-state index < -0.39 is 5.91 Å². The molecular weight excluding hydrogens is 250 g/mol. The Balaban J connectivity index is 2.29. The molecule has 0 spiro atoms. The van der Waals surface area contributed by atoms with Gasteiger partial charge in [-0.05, 0) is 26.2 Å². The third kappa shape index (κ3) is 2.53. The zero-order valence-electron chi connectivity index (χ0n) is 10.8. The Morgan fingerprint density at radius 2 is 2.17 bits per heavy atom. The molecule has 0 aromatic carbocycles. The third-order valence-electron chi connectivity index (χ3n) is 2.90. The molecular formula is C12H19N3O2S. The SMILES string of the molecule is CC(C)Oc1c(NC2CC2C)sc(C(N)=O)c1N. The highest BCUT2D eigenvalue weighted by molar-refractivity contribution is 7.19. The number of nitrogen functional groups attached to an aromatic ring is 1. The van der Waals surface area contributed by atoms with E-state index in [1.165, 1.54) is 11.3 Å². The maximum atomic E-state index is 11.3. The Bertz CT molecular complexity index is 470. The number of carbonyl (C=O) groups is 1. The normalized spacial score (nSPS) is 22.0. The Labute approximate surface area is 110 Å². The van der Waals surface area contributed by atoms with Gasteiger partial charge in [0.15, 0.2) is 5.75 Å². The molecule has 1 fully saturated rings. The molecule has 0 aliphatic heterocycles. The van der Waals surface area contributed by atoms with Crippen molar-refractivity contribution in [2.75, 3.05) is 11.1 Å². The fraction of sp³-hybridized carbons (Fsp3) is 0.583. The van der Waals surface area contributed by atoms with Gasteiger partial charge >= 0.3 is 0 Å². The van der Waals surface area contributed by atoms with E-state index in [-0.39, 0.29) is 6.10 Å². The molecule has 1 aliphatic carbocycles. The molecule has 2 rings (SSSR count). The fourth-order valence-electron chi connectivity index (χ4n) is 1.75. The van der Waals surface area contributed by atoms with Crippen molar-refractivity contribution >= 4 is 27.9 Å². The van der Waals surface area contributed by atoms with Crippen molar-refractivity contribution < 1.29 is 9.53 Å². The number of ether oxygens (including phenoxy) is 1. The largest absolute Gasteiger partial charge is 0.486 e. The standard InChI is InChI=1S/C12H19N3O2S/c1-5(2)17-9-8(13)10(11(14)16)18-12(9)15-7-4-6(7)3/h5-7,15H,4,13H2,1-3H3,(H2,14,16). The average Bonchev–Trinajstić information content (AvgIpc) is 2.86. The lowest BCUT2D eigenvalue weighted by Crippen LogP contribution is -2.12. The third-order valence-corrected chi connectivity index (χ3v) is 4.04. The van der Waals surface area contributed by atoms with Crippen molar-refractivity contribution in [1.82, 2.24) is 0 Å². The monoisotopic (exact) mass is 269 g/mol. The molecule has 100 valence electrons. The molecule has 0 bridgehead atoms. The molecule has 1 aromatic heterocycles. The molecule has 1 aliphatic rings. The Kier molecular flexibility index (Phi) is 3.38. The van der Waals surface area contributed by atoms with Crippen LogP contribution in [0.1, 0.15) is 36.9 Å². The highest BCUT2D eigenvalue weighted by Crippen LogP contribution is 2.45. The van der Waals surface area contributed by atoms with Gasteiger partial charge in [0.25, 0.3) is 5.91 Å². The first-order valence-corrected chi connectivity index (χ1v) is 6.87. The minimum absolute atomic E-state index is 0.000182. The van der Waals surface area contributed by atoms with Crippen molar-refractivity contribution in [3.05, 3.63) is 4.88 Å². The van der Waals surface area contributed by atoms with E-state index in [0.717, 1.165) is 11.4 Å². The molecule has 0 radical (unpaired) electrons. The Hall–Kier alpha value is -1.43. The van der Waals surface area contributed by atoms with Gasteiger partial charge in [-0.2, -0.15) is 0 Å². The molecule has 0 saturated heterocycles. The lowest BCUT2D eigenvalue weighted by molar-refractivity contribution is 0.100. The van der Waals surface area contributed by atoms with Crippen LogP contribution in [0.25, 0.3) is 0 Å². The first-order chi connectivity index (χ1) is 8.40. The van der Waals surface area contributed by atoms with E-state index in [1.807, 2.05) is 13.8 Å². The quantitative estimate of drug-likeness (QED) is 0.763. The minimum atomic E-state index is -0.511. The number of primary amides is 1. The molecule has 18 heavy (non-hydrogen) atoms. The summed E-state index contributed by atoms with van der Waals surface area (Å²) in [5, 5.41) is 4.17. The average molecular weight is 269 g/mol. The van der Waals surface area contributed by atoms with E-state index in [4.69, 9.17) is 16.2 Å². The van der Waals surface area contributed by atoms with Crippen LogP contribution in [0.3, 0.4) is 0 Å². The van der Waals surface area contributed by atoms with Crippen LogP contribution >= 0.6 is 11.3 Å². The van der Waals surface area contributed by atoms with Gasteiger partial charge in [0.05, 0.1) is 6.10 Å². The number of anilines is 2. The first-order valence-electron chi connectivity index (χ1n) is 6.05. The summed E-state index contributed by atoms with van der Waals surface area (Å²) in [6.07, 6.45) is 1.13. The zero-order chi connectivity index (χ0) is 13.4. The van der Waals surface area contributed by atoms with E-state index in [9.17, 15) is 4.79 Å². The summed E-state index contributed by atoms with van der Waals surface area (Å²) < 4.78 is 5.69. The topological polar surface area (TPSA) is 90.4 Å². The fourth-order valence-corrected chi connectivity index (χ4v) is 2.72. The van der Waals surface area contributed by atoms with Gasteiger partial charge in [-0.3, -0.25) is 4.79 Å². The van der Waals surface area contributed by atoms with Crippen LogP contribution in [0.4, 0.5) is 10.7 Å². The number of hydrogen-bond acceptors (Lipinski definition) is 5. The van der Waals surface area contributed by atoms with E-state index in [2.05, 4.69) is 12.2 Å². The van der Waals surface area contributed by atoms with Crippen molar-refractivity contribution in [2.45, 2.75) is 39.3 Å². The van der Waals surface area contributed by atoms with Gasteiger partial charge in [0, 0.05) is 6.04 Å². The predicted molar refractivity (Wildman–Crippen MR) is 74.2 cm³/mol. The second-order valence-electron chi connectivity index (χ2n) is 5.00. The molecule has 2 unspecified atom stereocenters. The zero-order valence-corrected chi connectivity index (χ0v) is 11.6. The van der Waals surface area contributed by atoms with Crippen LogP contribution in [0.2, 0.25) is 0 Å². The highest BCUT2D eigenvalue weighted by atomic mass is 32.1. The summed E-state index contributed by atoms with van der Waals surface area (Å²) in [5.41, 5.74) is 11.6. The summed E-state index contributed by atoms with van der Waals surface area (Å²) in [6.45, 7) is 6.02. The van der Waals surface area contributed by atoms with Crippen LogP contribution in [-0.4, -0.2) is 18.1 Å². The summed E-state index contributed by atoms with van der Waals surface area (Å²) in [7, 11) is 0. The number of nitrogens with two attached hydrogens (primary N) is 2. The number of nitrogens with one attached hydrogen (secondary N) is 1. The molecule has 1 amide bonds. The lowest BCUT2D eigenvalue weighted by Gasteiger charge is -2.12. The van der Waals surface area contributed by atoms with Crippen molar-refractivity contribution in [3.8, 4) is 5.75 Å². The molecule has 5 nitrogen and oxygen atoms in total. The maximum absolute atomic E-state index is 11.3. The van der Waals surface area contributed by atoms with E-state index >= 15 is 0 Å². The molecule has 1 aromatic rings. The van der Waals surface area contributed by atoms with Crippen molar-refractivity contribution in [3.63, 3.8) is 0 Å². The van der Waals surface area contributed by atoms with Gasteiger partial charge in [-0.25, -0.2) is 0 Å². The smallest absolute Gasteiger partial charge is 0.261 e. The Morgan fingerprint density at radius 3 is 2.61 bits per heavy atom. The van der Waals surface area contributed by atoms with Gasteiger partial charge < -0.3 is 21.5 Å². The maximum Gasteiger partial charge on any atom is 0.261 e. The van der Waals surface area contributed by atoms with Crippen LogP contribution in [-0.2, 0) is 0 Å². The lowest BCUT2D eigenvalue weighted by atomic mass is 10.3. The van der Waals surface area contributed by atoms with Crippen LogP contribution in [0.5, 0.6) is 5.75 Å². The molecule has 1 heterocycles. The summed E-state index contributed by atoms with van der Waals surface area (Å²) in [5.74, 6) is 0.697. The molecule has 2 atom stereocenters. The molecule has 6 heteroatoms. The highest BCUT2D eigenvalue weighted by Gasteiger charge is 2.34. The van der Waals surface area contributed by atoms with Gasteiger partial charge in [-0.15, -0.1) is 11.3 Å². The first kappa shape index (κ1) is 13.0. The van der Waals surface area contributed by atoms with E-state index in [1.54, 1.807) is 0 Å². The number of hydrogen-bond donors (Lipinski definition) is 3.